The van der Waals surface area contributed by atoms with Gasteiger partial charge in [-0.05, 0) is 0 Å². The lowest BCUT2D eigenvalue weighted by atomic mass is 10.4. The highest BCUT2D eigenvalue weighted by molar-refractivity contribution is 6.29. The highest BCUT2D eigenvalue weighted by Gasteiger charge is 2.10. The summed E-state index contributed by atoms with van der Waals surface area (Å²) in [5.41, 5.74) is 0. The van der Waals surface area contributed by atoms with Gasteiger partial charge in [-0.15, -0.1) is 5.10 Å². The second-order valence-electron chi connectivity index (χ2n) is 2.49. The highest BCUT2D eigenvalue weighted by Crippen LogP contribution is 1.95. The molecule has 1 aromatic rings. The summed E-state index contributed by atoms with van der Waals surface area (Å²) in [6, 6.07) is 0. The molecule has 0 aliphatic carbocycles. The maximum atomic E-state index is 4.04. The predicted octanol–water partition coefficient (Wildman–Crippen LogP) is -2.36. The fraction of sp³-hybridized carbons (Fsp3) is 0.600. The Balaban J connectivity index is 2.45. The van der Waals surface area contributed by atoms with Crippen molar-refractivity contribution in [2.75, 3.05) is 6.54 Å². The van der Waals surface area contributed by atoms with E-state index < -0.39 is 0 Å². The molecule has 1 aliphatic rings. The van der Waals surface area contributed by atoms with E-state index in [9.17, 15) is 0 Å². The van der Waals surface area contributed by atoms with E-state index in [2.05, 4.69) is 20.1 Å². The molecule has 2 rings (SSSR count). The summed E-state index contributed by atoms with van der Waals surface area (Å²) < 4.78 is 3.37. The van der Waals surface area contributed by atoms with E-state index in [1.807, 2.05) is 0 Å². The Morgan fingerprint density at radius 1 is 1.50 bits per heavy atom. The topological polar surface area (TPSA) is 42.7 Å². The van der Waals surface area contributed by atoms with Gasteiger partial charge in [0.1, 0.15) is 5.82 Å². The molecule has 0 aromatic carbocycles. The summed E-state index contributed by atoms with van der Waals surface area (Å²) in [5, 5.41) is 11.3. The second kappa shape index (κ2) is 2.35. The summed E-state index contributed by atoms with van der Waals surface area (Å²) in [6.07, 6.45) is 0. The van der Waals surface area contributed by atoms with Crippen molar-refractivity contribution in [3.8, 4) is 0 Å². The van der Waals surface area contributed by atoms with Gasteiger partial charge in [-0.1, -0.05) is 0 Å². The van der Waals surface area contributed by atoms with Crippen LogP contribution in [0.4, 0.5) is 0 Å². The minimum Gasteiger partial charge on any atom is -0.329 e. The molecule has 0 fully saturated rings. The molecular formula is C5H9AlN4. The van der Waals surface area contributed by atoms with Crippen molar-refractivity contribution in [1.82, 2.24) is 20.1 Å². The van der Waals surface area contributed by atoms with Crippen LogP contribution in [0.5, 0.6) is 0 Å². The van der Waals surface area contributed by atoms with Crippen molar-refractivity contribution in [1.29, 1.82) is 0 Å². The van der Waals surface area contributed by atoms with Crippen molar-refractivity contribution in [2.45, 2.75) is 13.1 Å². The van der Waals surface area contributed by atoms with E-state index in [1.165, 1.54) is 0 Å². The largest absolute Gasteiger partial charge is 0.329 e. The first-order valence-corrected chi connectivity index (χ1v) is 4.47. The van der Waals surface area contributed by atoms with Crippen molar-refractivity contribution in [3.63, 3.8) is 0 Å². The highest BCUT2D eigenvalue weighted by atomic mass is 27.0. The fourth-order valence-corrected chi connectivity index (χ4v) is 1.82. The molecule has 1 N–H and O–H groups in total. The van der Waals surface area contributed by atoms with Crippen LogP contribution in [0.2, 0.25) is 0 Å². The van der Waals surface area contributed by atoms with Gasteiger partial charge in [0.2, 0.25) is 0 Å². The Bertz CT molecular complexity index is 244. The maximum absolute atomic E-state index is 4.04. The maximum Gasteiger partial charge on any atom is 0.321 e. The number of rotatable bonds is 0. The van der Waals surface area contributed by atoms with E-state index in [-0.39, 0.29) is 0 Å². The van der Waals surface area contributed by atoms with Crippen molar-refractivity contribution in [3.05, 3.63) is 5.82 Å². The molecule has 1 aromatic heterocycles. The molecule has 0 unspecified atom stereocenters. The lowest BCUT2D eigenvalue weighted by Gasteiger charge is -2.14. The van der Waals surface area contributed by atoms with Gasteiger partial charge in [0, 0.05) is 17.8 Å². The average molecular weight is 152 g/mol. The van der Waals surface area contributed by atoms with Crippen molar-refractivity contribution < 1.29 is 0 Å². The first-order chi connectivity index (χ1) is 4.88. The first kappa shape index (κ1) is 6.35. The number of hydrogen-bond donors (Lipinski definition) is 1. The predicted molar refractivity (Wildman–Crippen MR) is 39.9 cm³/mol. The van der Waals surface area contributed by atoms with Gasteiger partial charge in [-0.2, -0.15) is 5.10 Å². The van der Waals surface area contributed by atoms with Gasteiger partial charge in [-0.3, -0.25) is 0 Å². The average Bonchev–Trinajstić information content (AvgIpc) is 2.34. The monoisotopic (exact) mass is 152 g/mol. The molecule has 1 aliphatic heterocycles. The Morgan fingerprint density at radius 3 is 3.20 bits per heavy atom. The second-order valence-corrected chi connectivity index (χ2v) is 3.39. The van der Waals surface area contributed by atoms with Crippen LogP contribution < -0.4 is 10.0 Å². The zero-order chi connectivity index (χ0) is 6.97. The summed E-state index contributed by atoms with van der Waals surface area (Å²) in [7, 11) is 0. The van der Waals surface area contributed by atoms with Crippen molar-refractivity contribution >= 4 is 21.0 Å². The Kier molecular flexibility index (Phi) is 1.49. The summed E-state index contributed by atoms with van der Waals surface area (Å²) in [5.74, 6) is 1.09. The molecule has 0 bridgehead atoms. The zero-order valence-electron chi connectivity index (χ0n) is 5.96. The Labute approximate surface area is 67.1 Å². The van der Waals surface area contributed by atoms with Crippen LogP contribution in [0.15, 0.2) is 0 Å². The SMILES string of the molecule is [AlH2][c]1nnc2n1CCNC2. The molecule has 10 heavy (non-hydrogen) atoms. The summed E-state index contributed by atoms with van der Waals surface area (Å²) >= 11 is 1.01. The normalized spacial score (nSPS) is 16.8. The van der Waals surface area contributed by atoms with Crippen LogP contribution in [0.3, 0.4) is 0 Å². The van der Waals surface area contributed by atoms with Crippen LogP contribution in [-0.4, -0.2) is 37.6 Å². The third-order valence-corrected chi connectivity index (χ3v) is 2.55. The van der Waals surface area contributed by atoms with Crippen LogP contribution in [0.1, 0.15) is 5.82 Å². The molecular weight excluding hydrogens is 143 g/mol. The van der Waals surface area contributed by atoms with Gasteiger partial charge in [0.05, 0.1) is 6.54 Å². The number of hydrogen-bond acceptors (Lipinski definition) is 3. The summed E-state index contributed by atoms with van der Waals surface area (Å²) in [6.45, 7) is 2.98. The molecule has 5 heteroatoms. The smallest absolute Gasteiger partial charge is 0.321 e. The molecule has 0 saturated carbocycles. The molecule has 0 saturated heterocycles. The fourth-order valence-electron chi connectivity index (χ4n) is 1.24. The minimum atomic E-state index is 0.884. The number of aromatic nitrogens is 3. The van der Waals surface area contributed by atoms with Crippen LogP contribution in [0, 0.1) is 0 Å². The van der Waals surface area contributed by atoms with Crippen LogP contribution in [-0.2, 0) is 13.1 Å². The van der Waals surface area contributed by atoms with Gasteiger partial charge >= 0.3 is 16.3 Å². The Morgan fingerprint density at radius 2 is 2.40 bits per heavy atom. The standard InChI is InChI=1S/C5H7N4.Al.2H/c1-2-9-4-7-8-5(9)3-6-1;;;/h6H,1-3H2;;;. The van der Waals surface area contributed by atoms with E-state index in [0.29, 0.717) is 0 Å². The third kappa shape index (κ3) is 0.871. The van der Waals surface area contributed by atoms with E-state index >= 15 is 0 Å². The minimum absolute atomic E-state index is 0.884. The first-order valence-electron chi connectivity index (χ1n) is 3.47. The molecule has 2 heterocycles. The molecule has 52 valence electrons. The molecule has 0 radical (unpaired) electrons. The van der Waals surface area contributed by atoms with Gasteiger partial charge in [-0.25, -0.2) is 0 Å². The quantitative estimate of drug-likeness (QED) is 0.423. The third-order valence-electron chi connectivity index (χ3n) is 1.81. The van der Waals surface area contributed by atoms with E-state index in [1.54, 1.807) is 0 Å². The van der Waals surface area contributed by atoms with Crippen LogP contribution >= 0.6 is 0 Å². The van der Waals surface area contributed by atoms with E-state index in [0.717, 1.165) is 46.4 Å². The lowest BCUT2D eigenvalue weighted by Crippen LogP contribution is -2.33. The molecule has 0 amide bonds. The number of nitrogens with zero attached hydrogens (tertiary/aromatic N) is 3. The van der Waals surface area contributed by atoms with Crippen LogP contribution in [0.25, 0.3) is 0 Å². The Hall–Kier alpha value is -0.368. The molecule has 0 spiro atoms. The van der Waals surface area contributed by atoms with Gasteiger partial charge in [0.15, 0.2) is 0 Å². The number of nitrogens with one attached hydrogen (secondary N) is 1. The number of fused-ring (bicyclic) bond motifs is 1. The van der Waals surface area contributed by atoms with Gasteiger partial charge < -0.3 is 9.88 Å². The lowest BCUT2D eigenvalue weighted by molar-refractivity contribution is 0.512. The van der Waals surface area contributed by atoms with E-state index in [4.69, 9.17) is 0 Å². The molecule has 0 atom stereocenters. The molecule has 4 nitrogen and oxygen atoms in total. The van der Waals surface area contributed by atoms with Crippen molar-refractivity contribution in [2.24, 2.45) is 0 Å². The van der Waals surface area contributed by atoms with Gasteiger partial charge in [0.25, 0.3) is 0 Å². The summed E-state index contributed by atoms with van der Waals surface area (Å²) in [4.78, 5) is 0. The zero-order valence-corrected chi connectivity index (χ0v) is 7.96.